The molecule has 2 aliphatic heterocycles. The summed E-state index contributed by atoms with van der Waals surface area (Å²) in [5.74, 6) is -0.223. The van der Waals surface area contributed by atoms with E-state index >= 15 is 0 Å². The van der Waals surface area contributed by atoms with Gasteiger partial charge in [0.15, 0.2) is 0 Å². The zero-order chi connectivity index (χ0) is 48.8. The number of methoxy groups -OCH3 is 2. The van der Waals surface area contributed by atoms with E-state index in [4.69, 9.17) is 9.47 Å². The second kappa shape index (κ2) is 19.3. The van der Waals surface area contributed by atoms with Gasteiger partial charge in [0, 0.05) is 72.8 Å². The number of carbonyl (C=O) groups is 2. The van der Waals surface area contributed by atoms with Gasteiger partial charge in [0.25, 0.3) is 0 Å². The van der Waals surface area contributed by atoms with Crippen LogP contribution in [0, 0.1) is 0 Å². The third-order valence-corrected chi connectivity index (χ3v) is 15.5. The number of hydrogen-bond acceptors (Lipinski definition) is 12. The van der Waals surface area contributed by atoms with Gasteiger partial charge in [-0.25, -0.2) is 0 Å². The largest absolute Gasteiger partial charge is 0.507 e. The lowest BCUT2D eigenvalue weighted by Gasteiger charge is -2.32. The highest BCUT2D eigenvalue weighted by atomic mass is 33.1. The second-order valence-corrected chi connectivity index (χ2v) is 24.9. The van der Waals surface area contributed by atoms with Crippen LogP contribution >= 0.6 is 21.6 Å². The highest BCUT2D eigenvalue weighted by molar-refractivity contribution is 8.76. The van der Waals surface area contributed by atoms with Crippen molar-refractivity contribution in [3.05, 3.63) is 115 Å². The number of nitrogens with zero attached hydrogens (tertiary/aromatic N) is 2. The fraction of sp³-hybridized carbons (Fsp3) is 0.519. The van der Waals surface area contributed by atoms with E-state index < -0.39 is 24.0 Å². The van der Waals surface area contributed by atoms with Crippen molar-refractivity contribution < 1.29 is 39.5 Å². The van der Waals surface area contributed by atoms with Gasteiger partial charge in [0.2, 0.25) is 0 Å². The minimum atomic E-state index is -0.851. The summed E-state index contributed by atoms with van der Waals surface area (Å²) in [6, 6.07) is 14.3. The molecule has 6 rings (SSSR count). The number of fused-ring (bicyclic) bond motifs is 15. The third-order valence-electron chi connectivity index (χ3n) is 13.2. The molecule has 0 aromatic heterocycles. The lowest BCUT2D eigenvalue weighted by atomic mass is 9.81. The summed E-state index contributed by atoms with van der Waals surface area (Å²) >= 11 is 0. The molecule has 66 heavy (non-hydrogen) atoms. The Morgan fingerprint density at radius 1 is 0.439 bits per heavy atom. The number of hydrogen-bond donors (Lipinski definition) is 4. The third kappa shape index (κ3) is 11.3. The Balaban J connectivity index is 1.77. The summed E-state index contributed by atoms with van der Waals surface area (Å²) in [5.41, 5.74) is 7.36. The number of esters is 2. The smallest absolute Gasteiger partial charge is 0.323 e. The molecule has 10 bridgehead atoms. The summed E-state index contributed by atoms with van der Waals surface area (Å²) in [5, 5.41) is 49.8. The summed E-state index contributed by atoms with van der Waals surface area (Å²) in [6.45, 7) is 25.8. The molecule has 0 unspecified atom stereocenters. The van der Waals surface area contributed by atoms with Crippen LogP contribution < -0.4 is 0 Å². The van der Waals surface area contributed by atoms with Crippen LogP contribution in [-0.2, 0) is 79.7 Å². The fourth-order valence-electron chi connectivity index (χ4n) is 8.77. The van der Waals surface area contributed by atoms with Crippen molar-refractivity contribution in [2.45, 2.75) is 156 Å². The summed E-state index contributed by atoms with van der Waals surface area (Å²) in [7, 11) is 5.58. The molecule has 358 valence electrons. The quantitative estimate of drug-likeness (QED) is 0.112. The molecule has 0 amide bonds. The zero-order valence-corrected chi connectivity index (χ0v) is 43.2. The van der Waals surface area contributed by atoms with E-state index in [1.807, 2.05) is 58.3 Å². The Kier molecular flexibility index (Phi) is 14.9. The molecule has 0 fully saturated rings. The SMILES string of the molecule is COC(=O)[C@@H]1CSSC[C@@H](C(=O)OC)N2Cc3cc(C(C)(C)C)cc(c3O)Cc3cc(C(C)(C)C)cc(c3O)CN1Cc1cc(C(C)(C)C)cc(c1O)Cc1cc(C(C)(C)C)cc(c1O)C2. The molecule has 10 nitrogen and oxygen atoms in total. The second-order valence-electron chi connectivity index (χ2n) is 22.4. The molecule has 12 heteroatoms. The van der Waals surface area contributed by atoms with Crippen LogP contribution in [0.1, 0.15) is 150 Å². The van der Waals surface area contributed by atoms with E-state index in [0.717, 1.165) is 22.3 Å². The monoisotopic (exact) mass is 940 g/mol. The first-order chi connectivity index (χ1) is 30.6. The van der Waals surface area contributed by atoms with Crippen LogP contribution in [0.5, 0.6) is 23.0 Å². The van der Waals surface area contributed by atoms with Gasteiger partial charge < -0.3 is 29.9 Å². The van der Waals surface area contributed by atoms with Gasteiger partial charge in [-0.05, 0) is 66.2 Å². The molecule has 2 atom stereocenters. The van der Waals surface area contributed by atoms with Crippen LogP contribution in [0.4, 0.5) is 0 Å². The molecule has 2 aliphatic rings. The first-order valence-electron chi connectivity index (χ1n) is 22.9. The van der Waals surface area contributed by atoms with Crippen LogP contribution in [0.25, 0.3) is 0 Å². The molecule has 0 aliphatic carbocycles. The normalized spacial score (nSPS) is 20.0. The summed E-state index contributed by atoms with van der Waals surface area (Å²) in [4.78, 5) is 32.2. The van der Waals surface area contributed by atoms with Crippen LogP contribution in [0.3, 0.4) is 0 Å². The summed E-state index contributed by atoms with van der Waals surface area (Å²) in [6.07, 6.45) is 0.376. The molecular weight excluding hydrogens is 869 g/mol. The van der Waals surface area contributed by atoms with Gasteiger partial charge in [0.05, 0.1) is 14.2 Å². The number of aromatic hydroxyl groups is 4. The Labute approximate surface area is 400 Å². The first kappa shape index (κ1) is 51.0. The van der Waals surface area contributed by atoms with Crippen molar-refractivity contribution in [3.63, 3.8) is 0 Å². The van der Waals surface area contributed by atoms with E-state index in [-0.39, 0.29) is 95.2 Å². The number of ether oxygens (including phenoxy) is 2. The predicted octanol–water partition coefficient (Wildman–Crippen LogP) is 10.7. The number of benzene rings is 4. The van der Waals surface area contributed by atoms with Gasteiger partial charge in [-0.3, -0.25) is 19.4 Å². The van der Waals surface area contributed by atoms with Gasteiger partial charge >= 0.3 is 11.9 Å². The lowest BCUT2D eigenvalue weighted by Crippen LogP contribution is -2.43. The number of phenols is 4. The fourth-order valence-corrected chi connectivity index (χ4v) is 11.3. The molecule has 4 aromatic rings. The maximum Gasteiger partial charge on any atom is 0.323 e. The van der Waals surface area contributed by atoms with E-state index in [2.05, 4.69) is 83.1 Å². The van der Waals surface area contributed by atoms with E-state index in [9.17, 15) is 30.0 Å². The Bertz CT molecular complexity index is 2160. The van der Waals surface area contributed by atoms with Gasteiger partial charge in [-0.15, -0.1) is 0 Å². The van der Waals surface area contributed by atoms with Crippen molar-refractivity contribution in [1.82, 2.24) is 9.80 Å². The Morgan fingerprint density at radius 2 is 0.652 bits per heavy atom. The minimum absolute atomic E-state index is 0.0591. The zero-order valence-electron chi connectivity index (χ0n) is 41.6. The molecule has 4 aromatic carbocycles. The molecule has 0 saturated heterocycles. The van der Waals surface area contributed by atoms with Crippen LogP contribution in [0.2, 0.25) is 0 Å². The number of rotatable bonds is 2. The van der Waals surface area contributed by atoms with E-state index in [1.54, 1.807) is 0 Å². The Hall–Kier alpha value is -4.36. The average molecular weight is 941 g/mol. The standard InChI is InChI=1S/C54H72N2O8S2/c1-51(2,3)39-17-31-15-32-18-40(52(4,5)6)23-37(46(32)58)27-56-28-38-24-42(54(10,11)12)20-34(48(38)60)16-33-19-41(53(7,8)9)22-36(47(33)59)26-55(25-35(21-39)45(31)57)43(49(61)63-13)29-65-66-30-44(56)50(62)64-14/h17-24,43-44,57-60H,15-16,25-30H2,1-14H3/t43-,44-/m0/s1. The average Bonchev–Trinajstić information content (AvgIpc) is 3.21. The maximum absolute atomic E-state index is 14.2. The van der Waals surface area contributed by atoms with Crippen molar-refractivity contribution in [2.24, 2.45) is 0 Å². The van der Waals surface area contributed by atoms with E-state index in [0.29, 0.717) is 44.5 Å². The van der Waals surface area contributed by atoms with Crippen molar-refractivity contribution in [2.75, 3.05) is 25.7 Å². The summed E-state index contributed by atoms with van der Waals surface area (Å²) < 4.78 is 11.0. The van der Waals surface area contributed by atoms with Gasteiger partial charge in [0.1, 0.15) is 35.1 Å². The predicted molar refractivity (Wildman–Crippen MR) is 268 cm³/mol. The minimum Gasteiger partial charge on any atom is -0.507 e. The molecule has 4 N–H and O–H groups in total. The molecule has 0 radical (unpaired) electrons. The Morgan fingerprint density at radius 3 is 0.848 bits per heavy atom. The molecular formula is C54H72N2O8S2. The topological polar surface area (TPSA) is 140 Å². The number of carbonyl (C=O) groups excluding carboxylic acids is 2. The van der Waals surface area contributed by atoms with Gasteiger partial charge in [-0.1, -0.05) is 153 Å². The van der Waals surface area contributed by atoms with Crippen LogP contribution in [0.15, 0.2) is 48.5 Å². The highest BCUT2D eigenvalue weighted by Gasteiger charge is 2.35. The number of phenolic OH excluding ortho intramolecular Hbond substituents is 4. The van der Waals surface area contributed by atoms with Crippen molar-refractivity contribution >= 4 is 33.5 Å². The maximum atomic E-state index is 14.2. The molecule has 2 heterocycles. The van der Waals surface area contributed by atoms with Crippen molar-refractivity contribution in [3.8, 4) is 23.0 Å². The lowest BCUT2D eigenvalue weighted by molar-refractivity contribution is -0.147. The van der Waals surface area contributed by atoms with Gasteiger partial charge in [-0.2, -0.15) is 0 Å². The molecule has 0 spiro atoms. The first-order valence-corrected chi connectivity index (χ1v) is 25.4. The van der Waals surface area contributed by atoms with E-state index in [1.165, 1.54) is 35.8 Å². The van der Waals surface area contributed by atoms with Crippen LogP contribution in [-0.4, -0.2) is 80.0 Å². The molecule has 0 saturated carbocycles. The van der Waals surface area contributed by atoms with Crippen molar-refractivity contribution in [1.29, 1.82) is 0 Å². The highest BCUT2D eigenvalue weighted by Crippen LogP contribution is 2.43.